The molecule has 0 saturated carbocycles. The predicted molar refractivity (Wildman–Crippen MR) is 73.8 cm³/mol. The molecule has 19 heavy (non-hydrogen) atoms. The lowest BCUT2D eigenvalue weighted by Crippen LogP contribution is -2.27. The Kier molecular flexibility index (Phi) is 4.07. The molecule has 5 nitrogen and oxygen atoms in total. The maximum Gasteiger partial charge on any atom is 0.257 e. The number of hydrogen-bond acceptors (Lipinski definition) is 4. The average Bonchev–Trinajstić information content (AvgIpc) is 2.47. The van der Waals surface area contributed by atoms with Gasteiger partial charge < -0.3 is 10.2 Å². The summed E-state index contributed by atoms with van der Waals surface area (Å²) in [5.41, 5.74) is 2.18. The summed E-state index contributed by atoms with van der Waals surface area (Å²) in [6.07, 6.45) is 4.95. The number of carbonyl (C=O) groups is 1. The lowest BCUT2D eigenvalue weighted by molar-refractivity contribution is 0.0784. The standard InChI is InChI=1S/C14H16N4O/c1-15-13-6-8-16-9-12(13)14(19)18(2)10-11-5-3-4-7-17-11/h3-9H,10H2,1-2H3,(H,15,16). The largest absolute Gasteiger partial charge is 0.387 e. The van der Waals surface area contributed by atoms with E-state index in [1.54, 1.807) is 43.7 Å². The number of rotatable bonds is 4. The van der Waals surface area contributed by atoms with Crippen molar-refractivity contribution < 1.29 is 4.79 Å². The van der Waals surface area contributed by atoms with Gasteiger partial charge in [-0.1, -0.05) is 6.07 Å². The first-order valence-electron chi connectivity index (χ1n) is 5.99. The van der Waals surface area contributed by atoms with Crippen LogP contribution in [0.1, 0.15) is 16.1 Å². The summed E-state index contributed by atoms with van der Waals surface area (Å²) in [6, 6.07) is 7.43. The van der Waals surface area contributed by atoms with E-state index in [1.165, 1.54) is 0 Å². The molecule has 0 aliphatic rings. The summed E-state index contributed by atoms with van der Waals surface area (Å²) in [5, 5.41) is 2.99. The van der Waals surface area contributed by atoms with Crippen molar-refractivity contribution in [3.63, 3.8) is 0 Å². The van der Waals surface area contributed by atoms with Gasteiger partial charge in [0.05, 0.1) is 17.8 Å². The molecule has 0 fully saturated rings. The zero-order chi connectivity index (χ0) is 13.7. The van der Waals surface area contributed by atoms with E-state index in [2.05, 4.69) is 15.3 Å². The third-order valence-corrected chi connectivity index (χ3v) is 2.79. The van der Waals surface area contributed by atoms with E-state index in [1.807, 2.05) is 18.2 Å². The summed E-state index contributed by atoms with van der Waals surface area (Å²) in [4.78, 5) is 22.2. The Hall–Kier alpha value is -2.43. The first-order chi connectivity index (χ1) is 9.22. The van der Waals surface area contributed by atoms with Crippen LogP contribution in [0.25, 0.3) is 0 Å². The van der Waals surface area contributed by atoms with Gasteiger partial charge in [-0.05, 0) is 18.2 Å². The zero-order valence-corrected chi connectivity index (χ0v) is 11.0. The SMILES string of the molecule is CNc1ccncc1C(=O)N(C)Cc1ccccn1. The predicted octanol–water partition coefficient (Wildman–Crippen LogP) is 1.79. The molecule has 0 aliphatic carbocycles. The first kappa shape index (κ1) is 13.0. The van der Waals surface area contributed by atoms with Gasteiger partial charge in [-0.15, -0.1) is 0 Å². The van der Waals surface area contributed by atoms with Crippen molar-refractivity contribution in [1.29, 1.82) is 0 Å². The van der Waals surface area contributed by atoms with Crippen molar-refractivity contribution in [3.05, 3.63) is 54.1 Å². The Balaban J connectivity index is 2.15. The second-order valence-electron chi connectivity index (χ2n) is 4.15. The zero-order valence-electron chi connectivity index (χ0n) is 11.0. The highest BCUT2D eigenvalue weighted by atomic mass is 16.2. The normalized spacial score (nSPS) is 10.0. The molecule has 1 amide bonds. The van der Waals surface area contributed by atoms with Crippen LogP contribution < -0.4 is 5.32 Å². The number of pyridine rings is 2. The van der Waals surface area contributed by atoms with Crippen LogP contribution >= 0.6 is 0 Å². The van der Waals surface area contributed by atoms with Crippen LogP contribution in [0, 0.1) is 0 Å². The quantitative estimate of drug-likeness (QED) is 0.906. The molecule has 0 radical (unpaired) electrons. The fraction of sp³-hybridized carbons (Fsp3) is 0.214. The van der Waals surface area contributed by atoms with E-state index in [-0.39, 0.29) is 5.91 Å². The van der Waals surface area contributed by atoms with Crippen molar-refractivity contribution in [3.8, 4) is 0 Å². The van der Waals surface area contributed by atoms with Crippen molar-refractivity contribution in [2.75, 3.05) is 19.4 Å². The van der Waals surface area contributed by atoms with Crippen molar-refractivity contribution in [2.45, 2.75) is 6.54 Å². The second-order valence-corrected chi connectivity index (χ2v) is 4.15. The second kappa shape index (κ2) is 5.95. The highest BCUT2D eigenvalue weighted by Gasteiger charge is 2.15. The van der Waals surface area contributed by atoms with Gasteiger partial charge >= 0.3 is 0 Å². The van der Waals surface area contributed by atoms with Gasteiger partial charge in [-0.2, -0.15) is 0 Å². The minimum atomic E-state index is -0.0805. The summed E-state index contributed by atoms with van der Waals surface area (Å²) in [6.45, 7) is 0.470. The van der Waals surface area contributed by atoms with Gasteiger partial charge in [-0.3, -0.25) is 14.8 Å². The number of anilines is 1. The number of carbonyl (C=O) groups excluding carboxylic acids is 1. The summed E-state index contributed by atoms with van der Waals surface area (Å²) in [5.74, 6) is -0.0805. The monoisotopic (exact) mass is 256 g/mol. The molecular formula is C14H16N4O. The van der Waals surface area contributed by atoms with Crippen molar-refractivity contribution >= 4 is 11.6 Å². The fourth-order valence-electron chi connectivity index (χ4n) is 1.79. The van der Waals surface area contributed by atoms with Gasteiger partial charge in [0.25, 0.3) is 5.91 Å². The fourth-order valence-corrected chi connectivity index (χ4v) is 1.79. The van der Waals surface area contributed by atoms with Crippen LogP contribution in [-0.4, -0.2) is 34.9 Å². The Bertz CT molecular complexity index is 556. The van der Waals surface area contributed by atoms with Gasteiger partial charge in [0, 0.05) is 38.4 Å². The molecule has 98 valence electrons. The van der Waals surface area contributed by atoms with E-state index < -0.39 is 0 Å². The van der Waals surface area contributed by atoms with Gasteiger partial charge in [0.15, 0.2) is 0 Å². The molecule has 0 saturated heterocycles. The highest BCUT2D eigenvalue weighted by molar-refractivity contribution is 5.99. The molecule has 5 heteroatoms. The number of aromatic nitrogens is 2. The average molecular weight is 256 g/mol. The Morgan fingerprint density at radius 3 is 2.84 bits per heavy atom. The number of nitrogens with zero attached hydrogens (tertiary/aromatic N) is 3. The van der Waals surface area contributed by atoms with Gasteiger partial charge in [0.1, 0.15) is 0 Å². The maximum absolute atomic E-state index is 12.3. The molecule has 2 aromatic heterocycles. The molecular weight excluding hydrogens is 240 g/mol. The van der Waals surface area contributed by atoms with Crippen LogP contribution in [0.2, 0.25) is 0 Å². The molecule has 0 spiro atoms. The lowest BCUT2D eigenvalue weighted by atomic mass is 10.2. The third kappa shape index (κ3) is 3.07. The first-order valence-corrected chi connectivity index (χ1v) is 5.99. The summed E-state index contributed by atoms with van der Waals surface area (Å²) in [7, 11) is 3.54. The van der Waals surface area contributed by atoms with Gasteiger partial charge in [-0.25, -0.2) is 0 Å². The Morgan fingerprint density at radius 1 is 1.32 bits per heavy atom. The lowest BCUT2D eigenvalue weighted by Gasteiger charge is -2.18. The molecule has 0 aliphatic heterocycles. The molecule has 2 aromatic rings. The third-order valence-electron chi connectivity index (χ3n) is 2.79. The van der Waals surface area contributed by atoms with Crippen LogP contribution in [0.5, 0.6) is 0 Å². The molecule has 0 aromatic carbocycles. The Labute approximate surface area is 112 Å². The minimum Gasteiger partial charge on any atom is -0.387 e. The van der Waals surface area contributed by atoms with E-state index in [4.69, 9.17) is 0 Å². The maximum atomic E-state index is 12.3. The van der Waals surface area contributed by atoms with Gasteiger partial charge in [0.2, 0.25) is 0 Å². The number of nitrogens with one attached hydrogen (secondary N) is 1. The summed E-state index contributed by atoms with van der Waals surface area (Å²) >= 11 is 0. The Morgan fingerprint density at radius 2 is 2.16 bits per heavy atom. The number of hydrogen-bond donors (Lipinski definition) is 1. The van der Waals surface area contributed by atoms with E-state index in [9.17, 15) is 4.79 Å². The molecule has 2 heterocycles. The van der Waals surface area contributed by atoms with Crippen LogP contribution in [0.4, 0.5) is 5.69 Å². The molecule has 0 unspecified atom stereocenters. The molecule has 1 N–H and O–H groups in total. The smallest absolute Gasteiger partial charge is 0.257 e. The topological polar surface area (TPSA) is 58.1 Å². The van der Waals surface area contributed by atoms with Crippen LogP contribution in [-0.2, 0) is 6.54 Å². The van der Waals surface area contributed by atoms with Crippen molar-refractivity contribution in [1.82, 2.24) is 14.9 Å². The van der Waals surface area contributed by atoms with Crippen LogP contribution in [0.15, 0.2) is 42.9 Å². The van der Waals surface area contributed by atoms with Crippen molar-refractivity contribution in [2.24, 2.45) is 0 Å². The van der Waals surface area contributed by atoms with Crippen LogP contribution in [0.3, 0.4) is 0 Å². The molecule has 0 atom stereocenters. The van der Waals surface area contributed by atoms with E-state index in [0.717, 1.165) is 11.4 Å². The van der Waals surface area contributed by atoms with E-state index in [0.29, 0.717) is 12.1 Å². The minimum absolute atomic E-state index is 0.0805. The number of amides is 1. The molecule has 2 rings (SSSR count). The highest BCUT2D eigenvalue weighted by Crippen LogP contribution is 2.15. The van der Waals surface area contributed by atoms with E-state index >= 15 is 0 Å². The molecule has 0 bridgehead atoms. The summed E-state index contributed by atoms with van der Waals surface area (Å²) < 4.78 is 0.